The Labute approximate surface area is 146 Å². The maximum absolute atomic E-state index is 12.2. The van der Waals surface area contributed by atoms with E-state index in [0.717, 1.165) is 16.7 Å². The standard InChI is InChI=1S/C21H17ClO2/c1-14-3-5-16(6-4-14)18-9-12-20(15(2)13-18)24-21(23)17-7-10-19(22)11-8-17/h3-13H,1-2H3. The van der Waals surface area contributed by atoms with Gasteiger partial charge in [-0.25, -0.2) is 4.79 Å². The van der Waals surface area contributed by atoms with Gasteiger partial charge >= 0.3 is 5.97 Å². The van der Waals surface area contributed by atoms with Crippen molar-refractivity contribution in [2.75, 3.05) is 0 Å². The van der Waals surface area contributed by atoms with Crippen LogP contribution >= 0.6 is 11.6 Å². The van der Waals surface area contributed by atoms with Gasteiger partial charge in [0.25, 0.3) is 0 Å². The lowest BCUT2D eigenvalue weighted by Crippen LogP contribution is -2.09. The van der Waals surface area contributed by atoms with Crippen LogP contribution in [0.25, 0.3) is 11.1 Å². The summed E-state index contributed by atoms with van der Waals surface area (Å²) in [5.74, 6) is 0.170. The van der Waals surface area contributed by atoms with Crippen LogP contribution in [0, 0.1) is 13.8 Å². The van der Waals surface area contributed by atoms with E-state index >= 15 is 0 Å². The molecule has 0 bridgehead atoms. The topological polar surface area (TPSA) is 26.3 Å². The summed E-state index contributed by atoms with van der Waals surface area (Å²) in [6.07, 6.45) is 0. The summed E-state index contributed by atoms with van der Waals surface area (Å²) in [6.45, 7) is 4.00. The van der Waals surface area contributed by atoms with Crippen molar-refractivity contribution in [3.63, 3.8) is 0 Å². The molecule has 2 nitrogen and oxygen atoms in total. The number of ether oxygens (including phenoxy) is 1. The van der Waals surface area contributed by atoms with E-state index in [2.05, 4.69) is 31.2 Å². The molecule has 0 saturated heterocycles. The number of esters is 1. The summed E-state index contributed by atoms with van der Waals surface area (Å²) < 4.78 is 5.50. The van der Waals surface area contributed by atoms with Crippen LogP contribution in [0.15, 0.2) is 66.7 Å². The van der Waals surface area contributed by atoms with Crippen LogP contribution < -0.4 is 4.74 Å². The van der Waals surface area contributed by atoms with E-state index in [-0.39, 0.29) is 0 Å². The predicted molar refractivity (Wildman–Crippen MR) is 97.8 cm³/mol. The number of hydrogen-bond acceptors (Lipinski definition) is 2. The normalized spacial score (nSPS) is 10.5. The molecule has 0 fully saturated rings. The van der Waals surface area contributed by atoms with Crippen LogP contribution in [0.2, 0.25) is 5.02 Å². The van der Waals surface area contributed by atoms with Crippen molar-refractivity contribution in [2.45, 2.75) is 13.8 Å². The molecule has 0 heterocycles. The van der Waals surface area contributed by atoms with Crippen molar-refractivity contribution in [2.24, 2.45) is 0 Å². The van der Waals surface area contributed by atoms with Gasteiger partial charge in [0, 0.05) is 5.02 Å². The van der Waals surface area contributed by atoms with Gasteiger partial charge in [-0.3, -0.25) is 0 Å². The molecule has 0 aliphatic carbocycles. The number of carbonyl (C=O) groups excluding carboxylic acids is 1. The number of halogens is 1. The Balaban J connectivity index is 1.81. The van der Waals surface area contributed by atoms with E-state index in [9.17, 15) is 4.79 Å². The minimum atomic E-state index is -0.391. The van der Waals surface area contributed by atoms with Crippen molar-refractivity contribution < 1.29 is 9.53 Å². The average molecular weight is 337 g/mol. The minimum absolute atomic E-state index is 0.391. The maximum Gasteiger partial charge on any atom is 0.343 e. The first kappa shape index (κ1) is 16.3. The van der Waals surface area contributed by atoms with E-state index in [4.69, 9.17) is 16.3 Å². The summed E-state index contributed by atoms with van der Waals surface area (Å²) in [5, 5.41) is 0.588. The van der Waals surface area contributed by atoms with Crippen molar-refractivity contribution in [1.29, 1.82) is 0 Å². The van der Waals surface area contributed by atoms with Gasteiger partial charge in [-0.1, -0.05) is 47.5 Å². The fourth-order valence-corrected chi connectivity index (χ4v) is 2.56. The largest absolute Gasteiger partial charge is 0.423 e. The average Bonchev–Trinajstić information content (AvgIpc) is 2.58. The van der Waals surface area contributed by atoms with Crippen molar-refractivity contribution in [1.82, 2.24) is 0 Å². The zero-order valence-electron chi connectivity index (χ0n) is 13.5. The van der Waals surface area contributed by atoms with Gasteiger partial charge in [0.15, 0.2) is 0 Å². The number of hydrogen-bond donors (Lipinski definition) is 0. The van der Waals surface area contributed by atoms with Crippen LogP contribution in [0.1, 0.15) is 21.5 Å². The minimum Gasteiger partial charge on any atom is -0.423 e. The summed E-state index contributed by atoms with van der Waals surface area (Å²) in [4.78, 5) is 12.2. The number of carbonyl (C=O) groups is 1. The second-order valence-electron chi connectivity index (χ2n) is 5.74. The fraction of sp³-hybridized carbons (Fsp3) is 0.0952. The van der Waals surface area contributed by atoms with E-state index in [0.29, 0.717) is 16.3 Å². The Kier molecular flexibility index (Phi) is 4.68. The molecule has 0 aliphatic rings. The molecule has 120 valence electrons. The Hall–Kier alpha value is -2.58. The highest BCUT2D eigenvalue weighted by molar-refractivity contribution is 6.30. The van der Waals surface area contributed by atoms with Crippen LogP contribution in [0.3, 0.4) is 0 Å². The van der Waals surface area contributed by atoms with Crippen LogP contribution in [-0.2, 0) is 0 Å². The van der Waals surface area contributed by atoms with Crippen LogP contribution in [0.5, 0.6) is 5.75 Å². The van der Waals surface area contributed by atoms with Crippen LogP contribution in [0.4, 0.5) is 0 Å². The van der Waals surface area contributed by atoms with E-state index in [1.165, 1.54) is 5.56 Å². The smallest absolute Gasteiger partial charge is 0.343 e. The summed E-state index contributed by atoms with van der Waals surface area (Å²) >= 11 is 5.84. The summed E-state index contributed by atoms with van der Waals surface area (Å²) in [5.41, 5.74) is 4.85. The van der Waals surface area contributed by atoms with Gasteiger partial charge in [-0.2, -0.15) is 0 Å². The van der Waals surface area contributed by atoms with Gasteiger partial charge in [-0.05, 0) is 66.9 Å². The second-order valence-corrected chi connectivity index (χ2v) is 6.18. The number of rotatable bonds is 3. The summed E-state index contributed by atoms with van der Waals surface area (Å²) in [6, 6.07) is 20.8. The molecule has 0 aromatic heterocycles. The predicted octanol–water partition coefficient (Wildman–Crippen LogP) is 5.84. The van der Waals surface area contributed by atoms with Crippen molar-refractivity contribution in [3.05, 3.63) is 88.4 Å². The molecular weight excluding hydrogens is 320 g/mol. The molecule has 0 radical (unpaired) electrons. The molecule has 0 amide bonds. The third kappa shape index (κ3) is 3.66. The molecule has 0 spiro atoms. The second kappa shape index (κ2) is 6.90. The van der Waals surface area contributed by atoms with E-state index in [1.54, 1.807) is 24.3 Å². The van der Waals surface area contributed by atoms with Gasteiger partial charge in [0.2, 0.25) is 0 Å². The molecule has 24 heavy (non-hydrogen) atoms. The molecule has 3 aromatic rings. The summed E-state index contributed by atoms with van der Waals surface area (Å²) in [7, 11) is 0. The van der Waals surface area contributed by atoms with Gasteiger partial charge in [-0.15, -0.1) is 0 Å². The molecule has 0 saturated carbocycles. The third-order valence-electron chi connectivity index (χ3n) is 3.84. The zero-order valence-corrected chi connectivity index (χ0v) is 14.3. The molecular formula is C21H17ClO2. The molecule has 3 heteroatoms. The fourth-order valence-electron chi connectivity index (χ4n) is 2.43. The highest BCUT2D eigenvalue weighted by atomic mass is 35.5. The number of benzene rings is 3. The van der Waals surface area contributed by atoms with Gasteiger partial charge in [0.1, 0.15) is 5.75 Å². The molecule has 3 rings (SSSR count). The van der Waals surface area contributed by atoms with Gasteiger partial charge in [0.05, 0.1) is 5.56 Å². The van der Waals surface area contributed by atoms with Crippen molar-refractivity contribution in [3.8, 4) is 16.9 Å². The van der Waals surface area contributed by atoms with E-state index < -0.39 is 5.97 Å². The van der Waals surface area contributed by atoms with E-state index in [1.807, 2.05) is 25.1 Å². The first-order valence-electron chi connectivity index (χ1n) is 7.68. The monoisotopic (exact) mass is 336 g/mol. The quantitative estimate of drug-likeness (QED) is 0.443. The lowest BCUT2D eigenvalue weighted by molar-refractivity contribution is 0.0733. The number of aryl methyl sites for hydroxylation is 2. The molecule has 0 atom stereocenters. The lowest BCUT2D eigenvalue weighted by Gasteiger charge is -2.10. The first-order valence-corrected chi connectivity index (χ1v) is 8.06. The molecule has 0 aliphatic heterocycles. The SMILES string of the molecule is Cc1ccc(-c2ccc(OC(=O)c3ccc(Cl)cc3)c(C)c2)cc1. The lowest BCUT2D eigenvalue weighted by atomic mass is 10.0. The molecule has 3 aromatic carbocycles. The maximum atomic E-state index is 12.2. The van der Waals surface area contributed by atoms with Crippen LogP contribution in [-0.4, -0.2) is 5.97 Å². The Bertz CT molecular complexity index is 865. The third-order valence-corrected chi connectivity index (χ3v) is 4.09. The Morgan fingerprint density at radius 3 is 2.08 bits per heavy atom. The highest BCUT2D eigenvalue weighted by Crippen LogP contribution is 2.27. The van der Waals surface area contributed by atoms with Gasteiger partial charge < -0.3 is 4.74 Å². The Morgan fingerprint density at radius 1 is 0.833 bits per heavy atom. The Morgan fingerprint density at radius 2 is 1.46 bits per heavy atom. The molecule has 0 unspecified atom stereocenters. The molecule has 0 N–H and O–H groups in total. The first-order chi connectivity index (χ1) is 11.5. The highest BCUT2D eigenvalue weighted by Gasteiger charge is 2.11. The van der Waals surface area contributed by atoms with Crippen molar-refractivity contribution >= 4 is 17.6 Å². The zero-order chi connectivity index (χ0) is 17.1.